The Hall–Kier alpha value is -2.27. The van der Waals surface area contributed by atoms with Gasteiger partial charge in [0.05, 0.1) is 12.3 Å². The van der Waals surface area contributed by atoms with Crippen LogP contribution in [0.5, 0.6) is 5.75 Å². The van der Waals surface area contributed by atoms with Gasteiger partial charge in [0.1, 0.15) is 5.75 Å². The topological polar surface area (TPSA) is 63.2 Å². The molecular formula is C16H18ClN3O2. The minimum absolute atomic E-state index is 0.326. The summed E-state index contributed by atoms with van der Waals surface area (Å²) >= 11 is 5.97. The number of amides is 2. The van der Waals surface area contributed by atoms with Crippen LogP contribution in [0.2, 0.25) is 5.02 Å². The fourth-order valence-electron chi connectivity index (χ4n) is 1.79. The van der Waals surface area contributed by atoms with E-state index >= 15 is 0 Å². The van der Waals surface area contributed by atoms with Crippen LogP contribution in [0.15, 0.2) is 42.7 Å². The molecule has 5 nitrogen and oxygen atoms in total. The van der Waals surface area contributed by atoms with Gasteiger partial charge < -0.3 is 15.4 Å². The van der Waals surface area contributed by atoms with E-state index < -0.39 is 0 Å². The van der Waals surface area contributed by atoms with Gasteiger partial charge in [-0.3, -0.25) is 4.98 Å². The van der Waals surface area contributed by atoms with Crippen LogP contribution in [0.4, 0.5) is 10.5 Å². The molecule has 0 aliphatic heterocycles. The van der Waals surface area contributed by atoms with Gasteiger partial charge in [-0.15, -0.1) is 0 Å². The Morgan fingerprint density at radius 2 is 2.23 bits per heavy atom. The Morgan fingerprint density at radius 1 is 1.36 bits per heavy atom. The molecule has 1 heterocycles. The monoisotopic (exact) mass is 319 g/mol. The van der Waals surface area contributed by atoms with Crippen molar-refractivity contribution in [1.82, 2.24) is 10.3 Å². The van der Waals surface area contributed by atoms with Crippen molar-refractivity contribution in [3.05, 3.63) is 53.3 Å². The third-order valence-electron chi connectivity index (χ3n) is 2.83. The number of urea groups is 1. The van der Waals surface area contributed by atoms with Gasteiger partial charge in [-0.05, 0) is 36.2 Å². The van der Waals surface area contributed by atoms with Gasteiger partial charge in [-0.25, -0.2) is 4.79 Å². The van der Waals surface area contributed by atoms with Crippen LogP contribution in [0.25, 0.3) is 0 Å². The summed E-state index contributed by atoms with van der Waals surface area (Å²) in [6.45, 7) is 2.99. The molecule has 0 spiro atoms. The molecule has 0 atom stereocenters. The Bertz CT molecular complexity index is 620. The van der Waals surface area contributed by atoms with E-state index in [1.807, 2.05) is 19.1 Å². The molecule has 0 aliphatic carbocycles. The van der Waals surface area contributed by atoms with Crippen molar-refractivity contribution in [2.45, 2.75) is 19.9 Å². The number of rotatable bonds is 6. The lowest BCUT2D eigenvalue weighted by Crippen LogP contribution is -2.28. The second kappa shape index (κ2) is 8.24. The molecule has 6 heteroatoms. The first-order chi connectivity index (χ1) is 10.7. The zero-order valence-electron chi connectivity index (χ0n) is 12.3. The summed E-state index contributed by atoms with van der Waals surface area (Å²) in [6, 6.07) is 8.52. The number of aromatic nitrogens is 1. The third-order valence-corrected chi connectivity index (χ3v) is 3.06. The summed E-state index contributed by atoms with van der Waals surface area (Å²) < 4.78 is 5.59. The van der Waals surface area contributed by atoms with Crippen LogP contribution in [-0.2, 0) is 6.54 Å². The molecule has 2 N–H and O–H groups in total. The lowest BCUT2D eigenvalue weighted by atomic mass is 10.3. The third kappa shape index (κ3) is 4.93. The van der Waals surface area contributed by atoms with Crippen molar-refractivity contribution in [2.75, 3.05) is 11.9 Å². The van der Waals surface area contributed by atoms with Gasteiger partial charge in [0.15, 0.2) is 0 Å². The van der Waals surface area contributed by atoms with Gasteiger partial charge in [0.25, 0.3) is 0 Å². The molecule has 0 fully saturated rings. The van der Waals surface area contributed by atoms with E-state index in [0.29, 0.717) is 29.6 Å². The average Bonchev–Trinajstić information content (AvgIpc) is 2.53. The molecule has 0 aliphatic rings. The molecule has 0 saturated heterocycles. The van der Waals surface area contributed by atoms with Crippen molar-refractivity contribution in [3.63, 3.8) is 0 Å². The molecule has 2 amide bonds. The van der Waals surface area contributed by atoms with Crippen LogP contribution in [0, 0.1) is 0 Å². The first kappa shape index (κ1) is 16.1. The van der Waals surface area contributed by atoms with Gasteiger partial charge >= 0.3 is 6.03 Å². The zero-order chi connectivity index (χ0) is 15.8. The second-order valence-electron chi connectivity index (χ2n) is 4.66. The SMILES string of the molecule is CCCOc1ccc(Cl)cc1NC(=O)NCc1cccnc1. The predicted molar refractivity (Wildman–Crippen MR) is 87.3 cm³/mol. The molecule has 0 radical (unpaired) electrons. The van der Waals surface area contributed by atoms with Gasteiger partial charge in [-0.2, -0.15) is 0 Å². The number of nitrogens with one attached hydrogen (secondary N) is 2. The average molecular weight is 320 g/mol. The van der Waals surface area contributed by atoms with Crippen LogP contribution < -0.4 is 15.4 Å². The van der Waals surface area contributed by atoms with E-state index in [0.717, 1.165) is 12.0 Å². The van der Waals surface area contributed by atoms with Crippen LogP contribution >= 0.6 is 11.6 Å². The fourth-order valence-corrected chi connectivity index (χ4v) is 1.96. The number of ether oxygens (including phenoxy) is 1. The van der Waals surface area contributed by atoms with Crippen molar-refractivity contribution >= 4 is 23.3 Å². The highest BCUT2D eigenvalue weighted by Gasteiger charge is 2.08. The van der Waals surface area contributed by atoms with Crippen LogP contribution in [0.3, 0.4) is 0 Å². The second-order valence-corrected chi connectivity index (χ2v) is 5.09. The fraction of sp³-hybridized carbons (Fsp3) is 0.250. The molecule has 1 aromatic heterocycles. The van der Waals surface area contributed by atoms with E-state index in [-0.39, 0.29) is 6.03 Å². The predicted octanol–water partition coefficient (Wildman–Crippen LogP) is 3.85. The van der Waals surface area contributed by atoms with E-state index in [4.69, 9.17) is 16.3 Å². The maximum Gasteiger partial charge on any atom is 0.319 e. The molecule has 1 aromatic carbocycles. The molecule has 2 aromatic rings. The summed E-state index contributed by atoms with van der Waals surface area (Å²) in [5.41, 5.74) is 1.47. The summed E-state index contributed by atoms with van der Waals surface area (Å²) in [6.07, 6.45) is 4.28. The minimum Gasteiger partial charge on any atom is -0.491 e. The van der Waals surface area contributed by atoms with E-state index in [9.17, 15) is 4.79 Å². The Balaban J connectivity index is 1.96. The summed E-state index contributed by atoms with van der Waals surface area (Å²) in [7, 11) is 0. The smallest absolute Gasteiger partial charge is 0.319 e. The van der Waals surface area contributed by atoms with E-state index in [2.05, 4.69) is 15.6 Å². The Kier molecular flexibility index (Phi) is 6.03. The molecular weight excluding hydrogens is 302 g/mol. The zero-order valence-corrected chi connectivity index (χ0v) is 13.1. The highest BCUT2D eigenvalue weighted by atomic mass is 35.5. The summed E-state index contributed by atoms with van der Waals surface area (Å²) in [4.78, 5) is 16.0. The van der Waals surface area contributed by atoms with Crippen molar-refractivity contribution in [1.29, 1.82) is 0 Å². The lowest BCUT2D eigenvalue weighted by molar-refractivity contribution is 0.251. The highest BCUT2D eigenvalue weighted by Crippen LogP contribution is 2.28. The Labute approximate surface area is 134 Å². The molecule has 0 bridgehead atoms. The molecule has 0 saturated carbocycles. The normalized spacial score (nSPS) is 10.1. The van der Waals surface area contributed by atoms with E-state index in [1.54, 1.807) is 30.6 Å². The number of carbonyl (C=O) groups is 1. The van der Waals surface area contributed by atoms with Gasteiger partial charge in [0.2, 0.25) is 0 Å². The maximum atomic E-state index is 12.0. The highest BCUT2D eigenvalue weighted by molar-refractivity contribution is 6.31. The number of benzene rings is 1. The van der Waals surface area contributed by atoms with E-state index in [1.165, 1.54) is 0 Å². The lowest BCUT2D eigenvalue weighted by Gasteiger charge is -2.13. The number of nitrogens with zero attached hydrogens (tertiary/aromatic N) is 1. The van der Waals surface area contributed by atoms with Crippen LogP contribution in [0.1, 0.15) is 18.9 Å². The molecule has 116 valence electrons. The molecule has 22 heavy (non-hydrogen) atoms. The number of carbonyl (C=O) groups excluding carboxylic acids is 1. The molecule has 2 rings (SSSR count). The van der Waals surface area contributed by atoms with Crippen molar-refractivity contribution < 1.29 is 9.53 Å². The number of pyridine rings is 1. The number of halogens is 1. The number of hydrogen-bond acceptors (Lipinski definition) is 3. The maximum absolute atomic E-state index is 12.0. The quantitative estimate of drug-likeness (QED) is 0.850. The standard InChI is InChI=1S/C16H18ClN3O2/c1-2-8-22-15-6-5-13(17)9-14(15)20-16(21)19-11-12-4-3-7-18-10-12/h3-7,9-10H,2,8,11H2,1H3,(H2,19,20,21). The van der Waals surface area contributed by atoms with Gasteiger partial charge in [-0.1, -0.05) is 24.6 Å². The number of hydrogen-bond donors (Lipinski definition) is 2. The van der Waals surface area contributed by atoms with Crippen molar-refractivity contribution in [3.8, 4) is 5.75 Å². The summed E-state index contributed by atoms with van der Waals surface area (Å²) in [5, 5.41) is 6.05. The molecule has 0 unspecified atom stereocenters. The summed E-state index contributed by atoms with van der Waals surface area (Å²) in [5.74, 6) is 0.600. The number of anilines is 1. The first-order valence-electron chi connectivity index (χ1n) is 7.05. The van der Waals surface area contributed by atoms with Gasteiger partial charge in [0, 0.05) is 24.0 Å². The minimum atomic E-state index is -0.326. The van der Waals surface area contributed by atoms with Crippen LogP contribution in [-0.4, -0.2) is 17.6 Å². The first-order valence-corrected chi connectivity index (χ1v) is 7.43. The van der Waals surface area contributed by atoms with Crippen molar-refractivity contribution in [2.24, 2.45) is 0 Å². The Morgan fingerprint density at radius 3 is 2.95 bits per heavy atom. The largest absolute Gasteiger partial charge is 0.491 e.